The van der Waals surface area contributed by atoms with Crippen LogP contribution in [0.3, 0.4) is 0 Å². The molecule has 1 atom stereocenters. The number of hydrazone groups is 1. The number of amides is 1. The molecule has 3 aromatic rings. The Morgan fingerprint density at radius 2 is 1.69 bits per heavy atom. The summed E-state index contributed by atoms with van der Waals surface area (Å²) in [4.78, 5) is 12.5. The second kappa shape index (κ2) is 8.88. The number of methoxy groups -OCH3 is 1. The van der Waals surface area contributed by atoms with Gasteiger partial charge in [0.1, 0.15) is 0 Å². The van der Waals surface area contributed by atoms with Crippen LogP contribution < -0.4 is 5.43 Å². The predicted octanol–water partition coefficient (Wildman–Crippen LogP) is 4.55. The average molecular weight is 389 g/mol. The van der Waals surface area contributed by atoms with Crippen LogP contribution in [0, 0.1) is 27.7 Å². The number of carbonyl (C=O) groups is 1. The van der Waals surface area contributed by atoms with Crippen molar-refractivity contribution in [1.29, 1.82) is 0 Å². The minimum Gasteiger partial charge on any atom is -0.367 e. The van der Waals surface area contributed by atoms with E-state index in [1.165, 1.54) is 18.2 Å². The third kappa shape index (κ3) is 4.63. The Bertz CT molecular complexity index is 1020. The van der Waals surface area contributed by atoms with Crippen LogP contribution in [0.4, 0.5) is 0 Å². The zero-order chi connectivity index (χ0) is 21.0. The molecule has 1 amide bonds. The van der Waals surface area contributed by atoms with Crippen molar-refractivity contribution >= 4 is 12.1 Å². The fourth-order valence-corrected chi connectivity index (χ4v) is 3.64. The van der Waals surface area contributed by atoms with Crippen LogP contribution in [0.25, 0.3) is 5.69 Å². The highest BCUT2D eigenvalue weighted by Crippen LogP contribution is 2.22. The van der Waals surface area contributed by atoms with Crippen molar-refractivity contribution in [2.45, 2.75) is 33.8 Å². The molecule has 0 fully saturated rings. The number of aromatic nitrogens is 1. The SMILES string of the molecule is CO[C@H](C(=O)N/N=C\c1cc(C)n(-c2cc(C)cc(C)c2)c1C)c1ccccc1. The molecule has 1 heterocycles. The van der Waals surface area contributed by atoms with E-state index in [9.17, 15) is 4.79 Å². The van der Waals surface area contributed by atoms with Crippen LogP contribution in [0.2, 0.25) is 0 Å². The van der Waals surface area contributed by atoms with Gasteiger partial charge in [-0.3, -0.25) is 4.79 Å². The quantitative estimate of drug-likeness (QED) is 0.497. The summed E-state index contributed by atoms with van der Waals surface area (Å²) in [6, 6.07) is 17.9. The van der Waals surface area contributed by atoms with Gasteiger partial charge in [0.15, 0.2) is 6.10 Å². The summed E-state index contributed by atoms with van der Waals surface area (Å²) in [5.74, 6) is -0.307. The number of nitrogens with one attached hydrogen (secondary N) is 1. The van der Waals surface area contributed by atoms with Gasteiger partial charge < -0.3 is 9.30 Å². The summed E-state index contributed by atoms with van der Waals surface area (Å²) < 4.78 is 7.54. The topological polar surface area (TPSA) is 55.6 Å². The van der Waals surface area contributed by atoms with E-state index >= 15 is 0 Å². The molecule has 0 aliphatic heterocycles. The largest absolute Gasteiger partial charge is 0.367 e. The van der Waals surface area contributed by atoms with Gasteiger partial charge in [0.05, 0.1) is 6.21 Å². The first-order valence-electron chi connectivity index (χ1n) is 9.59. The molecule has 29 heavy (non-hydrogen) atoms. The molecule has 2 aromatic carbocycles. The van der Waals surface area contributed by atoms with Gasteiger partial charge in [-0.1, -0.05) is 36.4 Å². The number of ether oxygens (including phenoxy) is 1. The van der Waals surface area contributed by atoms with Crippen LogP contribution in [0.5, 0.6) is 0 Å². The van der Waals surface area contributed by atoms with E-state index in [0.29, 0.717) is 0 Å². The zero-order valence-electron chi connectivity index (χ0n) is 17.6. The summed E-state index contributed by atoms with van der Waals surface area (Å²) in [6.07, 6.45) is 0.980. The molecule has 0 saturated carbocycles. The second-order valence-electron chi connectivity index (χ2n) is 7.27. The van der Waals surface area contributed by atoms with Crippen LogP contribution in [0.1, 0.15) is 39.7 Å². The maximum Gasteiger partial charge on any atom is 0.273 e. The van der Waals surface area contributed by atoms with Crippen molar-refractivity contribution in [1.82, 2.24) is 9.99 Å². The Balaban J connectivity index is 1.79. The van der Waals surface area contributed by atoms with Gasteiger partial charge in [-0.2, -0.15) is 5.10 Å². The first kappa shape index (κ1) is 20.6. The number of benzene rings is 2. The summed E-state index contributed by atoms with van der Waals surface area (Å²) in [7, 11) is 1.51. The molecule has 0 aliphatic carbocycles. The standard InChI is InChI=1S/C24H27N3O2/c1-16-11-17(2)13-22(12-16)27-18(3)14-21(19(27)4)15-25-26-24(28)23(29-5)20-9-7-6-8-10-20/h6-15,23H,1-5H3,(H,26,28)/b25-15-/t23-/m0/s1. The van der Waals surface area contributed by atoms with Gasteiger partial charge in [0.2, 0.25) is 0 Å². The number of aryl methyl sites for hydroxylation is 3. The van der Waals surface area contributed by atoms with E-state index in [1.807, 2.05) is 30.3 Å². The fourth-order valence-electron chi connectivity index (χ4n) is 3.64. The molecule has 0 radical (unpaired) electrons. The Kier molecular flexibility index (Phi) is 6.29. The number of rotatable bonds is 6. The highest BCUT2D eigenvalue weighted by molar-refractivity contribution is 5.86. The first-order chi connectivity index (χ1) is 13.9. The Morgan fingerprint density at radius 1 is 1.03 bits per heavy atom. The lowest BCUT2D eigenvalue weighted by Crippen LogP contribution is -2.26. The Hall–Kier alpha value is -3.18. The maximum absolute atomic E-state index is 12.5. The van der Waals surface area contributed by atoms with Gasteiger partial charge in [-0.15, -0.1) is 0 Å². The molecular weight excluding hydrogens is 362 g/mol. The van der Waals surface area contributed by atoms with Crippen LogP contribution >= 0.6 is 0 Å². The number of hydrogen-bond acceptors (Lipinski definition) is 3. The molecule has 0 unspecified atom stereocenters. The van der Waals surface area contributed by atoms with Crippen molar-refractivity contribution in [3.05, 3.63) is 88.2 Å². The van der Waals surface area contributed by atoms with Gasteiger partial charge in [0, 0.05) is 29.7 Å². The van der Waals surface area contributed by atoms with Crippen molar-refractivity contribution < 1.29 is 9.53 Å². The molecule has 0 aliphatic rings. The molecule has 0 spiro atoms. The first-order valence-corrected chi connectivity index (χ1v) is 9.59. The minimum atomic E-state index is -0.698. The van der Waals surface area contributed by atoms with Gasteiger partial charge >= 0.3 is 0 Å². The third-order valence-electron chi connectivity index (χ3n) is 4.89. The highest BCUT2D eigenvalue weighted by atomic mass is 16.5. The fraction of sp³-hybridized carbons (Fsp3) is 0.250. The van der Waals surface area contributed by atoms with Crippen LogP contribution in [0.15, 0.2) is 59.7 Å². The van der Waals surface area contributed by atoms with Crippen molar-refractivity contribution in [3.8, 4) is 5.69 Å². The molecule has 5 heteroatoms. The van der Waals surface area contributed by atoms with E-state index in [4.69, 9.17) is 4.74 Å². The van der Waals surface area contributed by atoms with E-state index in [-0.39, 0.29) is 5.91 Å². The van der Waals surface area contributed by atoms with Gasteiger partial charge in [-0.25, -0.2) is 5.43 Å². The van der Waals surface area contributed by atoms with E-state index in [2.05, 4.69) is 67.1 Å². The maximum atomic E-state index is 12.5. The van der Waals surface area contributed by atoms with Gasteiger partial charge in [-0.05, 0) is 62.6 Å². The smallest absolute Gasteiger partial charge is 0.273 e. The average Bonchev–Trinajstić information content (AvgIpc) is 2.96. The Morgan fingerprint density at radius 3 is 2.31 bits per heavy atom. The second-order valence-corrected chi connectivity index (χ2v) is 7.27. The lowest BCUT2D eigenvalue weighted by atomic mass is 10.1. The molecule has 0 bridgehead atoms. The van der Waals surface area contributed by atoms with Crippen molar-refractivity contribution in [2.75, 3.05) is 7.11 Å². The third-order valence-corrected chi connectivity index (χ3v) is 4.89. The molecule has 150 valence electrons. The molecule has 1 aromatic heterocycles. The molecular formula is C24H27N3O2. The summed E-state index contributed by atoms with van der Waals surface area (Å²) >= 11 is 0. The van der Waals surface area contributed by atoms with Crippen molar-refractivity contribution in [2.24, 2.45) is 5.10 Å². The van der Waals surface area contributed by atoms with E-state index in [1.54, 1.807) is 6.21 Å². The zero-order valence-corrected chi connectivity index (χ0v) is 17.6. The normalized spacial score (nSPS) is 12.3. The van der Waals surface area contributed by atoms with E-state index in [0.717, 1.165) is 28.2 Å². The van der Waals surface area contributed by atoms with E-state index < -0.39 is 6.10 Å². The van der Waals surface area contributed by atoms with Crippen molar-refractivity contribution in [3.63, 3.8) is 0 Å². The van der Waals surface area contributed by atoms with Crippen LogP contribution in [-0.4, -0.2) is 23.8 Å². The lowest BCUT2D eigenvalue weighted by molar-refractivity contribution is -0.131. The molecule has 3 rings (SSSR count). The minimum absolute atomic E-state index is 0.307. The Labute approximate surface area is 172 Å². The number of hydrogen-bond donors (Lipinski definition) is 1. The molecule has 0 saturated heterocycles. The summed E-state index contributed by atoms with van der Waals surface area (Å²) in [6.45, 7) is 8.32. The summed E-state index contributed by atoms with van der Waals surface area (Å²) in [5.41, 5.74) is 10.1. The predicted molar refractivity (Wildman–Crippen MR) is 117 cm³/mol. The number of carbonyl (C=O) groups excluding carboxylic acids is 1. The molecule has 1 N–H and O–H groups in total. The molecule has 5 nitrogen and oxygen atoms in total. The number of nitrogens with zero attached hydrogens (tertiary/aromatic N) is 2. The van der Waals surface area contributed by atoms with Gasteiger partial charge in [0.25, 0.3) is 5.91 Å². The van der Waals surface area contributed by atoms with Crippen LogP contribution in [-0.2, 0) is 9.53 Å². The lowest BCUT2D eigenvalue weighted by Gasteiger charge is -2.13. The summed E-state index contributed by atoms with van der Waals surface area (Å²) in [5, 5.41) is 4.16. The highest BCUT2D eigenvalue weighted by Gasteiger charge is 2.19. The monoisotopic (exact) mass is 389 g/mol.